The summed E-state index contributed by atoms with van der Waals surface area (Å²) in [6, 6.07) is 17.2. The average Bonchev–Trinajstić information content (AvgIpc) is 2.71. The van der Waals surface area contributed by atoms with Gasteiger partial charge in [-0.05, 0) is 23.5 Å². The van der Waals surface area contributed by atoms with E-state index in [-0.39, 0.29) is 64.4 Å². The predicted octanol–water partition coefficient (Wildman–Crippen LogP) is -4.95. The molecule has 0 aliphatic heterocycles. The third-order valence-electron chi connectivity index (χ3n) is 3.20. The molecule has 0 saturated carbocycles. The second-order valence-electron chi connectivity index (χ2n) is 4.61. The van der Waals surface area contributed by atoms with Crippen molar-refractivity contribution in [2.24, 2.45) is 0 Å². The van der Waals surface area contributed by atoms with Crippen molar-refractivity contribution in [1.29, 1.82) is 0 Å². The van der Waals surface area contributed by atoms with Crippen molar-refractivity contribution in [2.75, 3.05) is 0 Å². The molecule has 19 heavy (non-hydrogen) atoms. The predicted molar refractivity (Wildman–Crippen MR) is 65.3 cm³/mol. The first-order valence-electron chi connectivity index (χ1n) is 5.40. The van der Waals surface area contributed by atoms with E-state index in [1.54, 1.807) is 0 Å². The second kappa shape index (κ2) is 9.96. The number of hydrogen-bond acceptors (Lipinski definition) is 0. The van der Waals surface area contributed by atoms with Gasteiger partial charge in [0.2, 0.25) is 0 Å². The fourth-order valence-corrected chi connectivity index (χ4v) is 2.22. The van der Waals surface area contributed by atoms with Crippen molar-refractivity contribution in [3.8, 4) is 0 Å². The Morgan fingerprint density at radius 2 is 1.32 bits per heavy atom. The molecule has 2 rings (SSSR count). The Bertz CT molecular complexity index is 450. The molecule has 2 aromatic carbocycles. The van der Waals surface area contributed by atoms with Gasteiger partial charge in [0.25, 0.3) is 0 Å². The van der Waals surface area contributed by atoms with Crippen LogP contribution in [0.5, 0.6) is 0 Å². The van der Waals surface area contributed by atoms with Crippen LogP contribution in [0.4, 0.5) is 0 Å². The Kier molecular flexibility index (Phi) is 12.7. The van der Waals surface area contributed by atoms with Crippen LogP contribution in [0.3, 0.4) is 0 Å². The molecular weight excluding hydrogens is 334 g/mol. The average molecular weight is 352 g/mol. The first-order valence-corrected chi connectivity index (χ1v) is 5.40. The number of rotatable bonds is 2. The van der Waals surface area contributed by atoms with Gasteiger partial charge in [-0.1, -0.05) is 38.1 Å². The quantitative estimate of drug-likeness (QED) is 0.376. The van der Waals surface area contributed by atoms with Gasteiger partial charge in [-0.15, -0.1) is 5.56 Å². The van der Waals surface area contributed by atoms with E-state index in [9.17, 15) is 0 Å². The van der Waals surface area contributed by atoms with E-state index in [0.717, 1.165) is 0 Å². The van der Waals surface area contributed by atoms with E-state index < -0.39 is 0 Å². The van der Waals surface area contributed by atoms with Crippen LogP contribution >= 0.6 is 0 Å². The van der Waals surface area contributed by atoms with Crippen LogP contribution in [0.1, 0.15) is 30.5 Å². The van der Waals surface area contributed by atoms with Crippen molar-refractivity contribution >= 4 is 0 Å². The number of halogens is 3. The molecule has 0 radical (unpaired) electrons. The second-order valence-corrected chi connectivity index (χ2v) is 4.61. The maximum Gasteiger partial charge on any atom is 4.00 e. The summed E-state index contributed by atoms with van der Waals surface area (Å²) in [5, 5.41) is 0. The van der Waals surface area contributed by atoms with Crippen LogP contribution in [0.25, 0.3) is 0 Å². The molecule has 0 bridgehead atoms. The minimum Gasteiger partial charge on any atom is -1.00 e. The van der Waals surface area contributed by atoms with Crippen molar-refractivity contribution < 1.29 is 58.9 Å². The van der Waals surface area contributed by atoms with Crippen LogP contribution in [-0.4, -0.2) is 0 Å². The van der Waals surface area contributed by atoms with Gasteiger partial charge >= 0.3 is 21.7 Å². The van der Waals surface area contributed by atoms with Crippen LogP contribution < -0.4 is 37.2 Å². The SMILES string of the molecule is Cc1ccccc1C(C)(C)[c-]1cccc1.[Cl-].[Cl-].[Cl-].[Ti+4]. The first-order chi connectivity index (χ1) is 7.12. The van der Waals surface area contributed by atoms with Crippen molar-refractivity contribution in [3.05, 3.63) is 65.2 Å². The molecular formula is C15H17Cl3Ti. The van der Waals surface area contributed by atoms with Gasteiger partial charge < -0.3 is 37.2 Å². The molecule has 2 aromatic rings. The van der Waals surface area contributed by atoms with Gasteiger partial charge in [0.1, 0.15) is 0 Å². The molecule has 0 unspecified atom stereocenters. The topological polar surface area (TPSA) is 0 Å². The maximum absolute atomic E-state index is 2.28. The summed E-state index contributed by atoms with van der Waals surface area (Å²) < 4.78 is 0. The van der Waals surface area contributed by atoms with E-state index in [1.165, 1.54) is 16.7 Å². The van der Waals surface area contributed by atoms with Crippen LogP contribution in [0.2, 0.25) is 0 Å². The van der Waals surface area contributed by atoms with Gasteiger partial charge in [-0.25, -0.2) is 12.1 Å². The molecule has 0 atom stereocenters. The normalized spacial score (nSPS) is 9.21. The Balaban J connectivity index is -0.000000640. The van der Waals surface area contributed by atoms with E-state index in [1.807, 2.05) is 0 Å². The van der Waals surface area contributed by atoms with Crippen LogP contribution in [0, 0.1) is 6.92 Å². The zero-order chi connectivity index (χ0) is 10.9. The van der Waals surface area contributed by atoms with E-state index in [4.69, 9.17) is 0 Å². The van der Waals surface area contributed by atoms with Crippen LogP contribution in [-0.2, 0) is 27.1 Å². The minimum absolute atomic E-state index is 0. The van der Waals surface area contributed by atoms with Gasteiger partial charge in [0.05, 0.1) is 0 Å². The molecule has 0 fully saturated rings. The molecule has 102 valence electrons. The Labute approximate surface area is 149 Å². The zero-order valence-corrected chi connectivity index (χ0v) is 15.1. The fraction of sp³-hybridized carbons (Fsp3) is 0.267. The summed E-state index contributed by atoms with van der Waals surface area (Å²) in [5.74, 6) is 0. The Morgan fingerprint density at radius 1 is 0.842 bits per heavy atom. The molecule has 0 N–H and O–H groups in total. The summed E-state index contributed by atoms with van der Waals surface area (Å²) >= 11 is 0. The van der Waals surface area contributed by atoms with Gasteiger partial charge in [0.15, 0.2) is 0 Å². The number of aryl methyl sites for hydroxylation is 1. The summed E-state index contributed by atoms with van der Waals surface area (Å²) in [6.07, 6.45) is 0. The molecule has 0 spiro atoms. The van der Waals surface area contributed by atoms with E-state index in [2.05, 4.69) is 69.3 Å². The Morgan fingerprint density at radius 3 is 1.79 bits per heavy atom. The number of benzene rings is 1. The van der Waals surface area contributed by atoms with E-state index in [0.29, 0.717) is 0 Å². The number of hydrogen-bond donors (Lipinski definition) is 0. The molecule has 0 heterocycles. The van der Waals surface area contributed by atoms with E-state index >= 15 is 0 Å². The van der Waals surface area contributed by atoms with Gasteiger partial charge in [0, 0.05) is 0 Å². The molecule has 0 saturated heterocycles. The molecule has 0 amide bonds. The fourth-order valence-electron chi connectivity index (χ4n) is 2.22. The monoisotopic (exact) mass is 350 g/mol. The summed E-state index contributed by atoms with van der Waals surface area (Å²) in [6.45, 7) is 6.75. The van der Waals surface area contributed by atoms with Crippen molar-refractivity contribution in [1.82, 2.24) is 0 Å². The van der Waals surface area contributed by atoms with Crippen molar-refractivity contribution in [3.63, 3.8) is 0 Å². The Hall–Kier alpha value is 0.154. The molecule has 0 aliphatic carbocycles. The summed E-state index contributed by atoms with van der Waals surface area (Å²) in [4.78, 5) is 0. The summed E-state index contributed by atoms with van der Waals surface area (Å²) in [5.41, 5.74) is 4.27. The van der Waals surface area contributed by atoms with Crippen LogP contribution in [0.15, 0.2) is 48.5 Å². The maximum atomic E-state index is 2.28. The summed E-state index contributed by atoms with van der Waals surface area (Å²) in [7, 11) is 0. The molecule has 0 aliphatic rings. The third-order valence-corrected chi connectivity index (χ3v) is 3.20. The molecule has 0 aromatic heterocycles. The molecule has 0 nitrogen and oxygen atoms in total. The standard InChI is InChI=1S/C15H17.3ClH.Ti/c1-12-8-4-7-11-14(12)15(2,3)13-9-5-6-10-13;;;;/h4-11H,1-3H3;3*1H;/q-1;;;;+4/p-3. The zero-order valence-electron chi connectivity index (χ0n) is 11.3. The minimum atomic E-state index is 0. The van der Waals surface area contributed by atoms with Gasteiger partial charge in [-0.2, -0.15) is 12.1 Å². The smallest absolute Gasteiger partial charge is 1.00 e. The van der Waals surface area contributed by atoms with Crippen molar-refractivity contribution in [2.45, 2.75) is 26.2 Å². The molecule has 4 heteroatoms. The first kappa shape index (κ1) is 24.2. The third kappa shape index (κ3) is 5.21. The van der Waals surface area contributed by atoms with Gasteiger partial charge in [-0.3, -0.25) is 0 Å². The largest absolute Gasteiger partial charge is 4.00 e.